The van der Waals surface area contributed by atoms with Gasteiger partial charge in [0.05, 0.1) is 12.5 Å². The number of aliphatic carboxylic acids is 1. The van der Waals surface area contributed by atoms with Crippen molar-refractivity contribution in [2.45, 2.75) is 50.6 Å². The van der Waals surface area contributed by atoms with Gasteiger partial charge in [-0.2, -0.15) is 0 Å². The molecule has 3 atom stereocenters. The number of likely N-dealkylation sites (tertiary alicyclic amines) is 1. The van der Waals surface area contributed by atoms with Crippen LogP contribution in [0.3, 0.4) is 0 Å². The van der Waals surface area contributed by atoms with Crippen molar-refractivity contribution in [1.82, 2.24) is 15.2 Å². The van der Waals surface area contributed by atoms with E-state index in [1.54, 1.807) is 18.1 Å². The van der Waals surface area contributed by atoms with Crippen LogP contribution in [0.2, 0.25) is 0 Å². The zero-order valence-electron chi connectivity index (χ0n) is 18.5. The Hall–Kier alpha value is -3.16. The number of aromatic nitrogens is 1. The molecule has 0 aromatic carbocycles. The van der Waals surface area contributed by atoms with Crippen LogP contribution < -0.4 is 10.6 Å². The number of pyridine rings is 1. The molecule has 1 saturated heterocycles. The molecule has 3 aliphatic rings. The lowest BCUT2D eigenvalue weighted by molar-refractivity contribution is -0.140. The van der Waals surface area contributed by atoms with E-state index in [2.05, 4.69) is 38.8 Å². The van der Waals surface area contributed by atoms with Gasteiger partial charge >= 0.3 is 5.97 Å². The molecule has 8 nitrogen and oxygen atoms in total. The molecule has 0 saturated carbocycles. The van der Waals surface area contributed by atoms with Gasteiger partial charge in [0, 0.05) is 43.9 Å². The number of aliphatic imine (C=N–C) groups is 1. The minimum Gasteiger partial charge on any atom is -0.481 e. The van der Waals surface area contributed by atoms with E-state index in [9.17, 15) is 14.7 Å². The maximum Gasteiger partial charge on any atom is 0.305 e. The maximum atomic E-state index is 13.1. The lowest BCUT2D eigenvalue weighted by Gasteiger charge is -2.27. The number of carbonyl (C=O) groups is 2. The first-order chi connectivity index (χ1) is 15.5. The standard InChI is InChI=1S/C24H31N5O3/c1-25-21-10-8-18(15-27-21)20(14-22(30)31)29-13-11-17(24(29)32)4-2-6-19-9-7-16-5-3-12-26-23(16)28-19/h5,7-10,15,17,19-20H,2-4,6,11-14H2,1H3,(H,25,27)(H,26,28)(H,30,31). The van der Waals surface area contributed by atoms with Crippen molar-refractivity contribution in [3.05, 3.63) is 47.7 Å². The second-order valence-corrected chi connectivity index (χ2v) is 8.58. The van der Waals surface area contributed by atoms with E-state index in [0.29, 0.717) is 12.4 Å². The number of carbonyl (C=O) groups excluding carboxylic acids is 1. The number of dihydropyridines is 1. The molecule has 3 unspecified atom stereocenters. The number of carboxylic acid groups (broad SMARTS) is 1. The number of nitrogens with zero attached hydrogens (tertiary/aromatic N) is 3. The van der Waals surface area contributed by atoms with Gasteiger partial charge < -0.3 is 20.6 Å². The summed E-state index contributed by atoms with van der Waals surface area (Å²) in [6.07, 6.45) is 12.5. The lowest BCUT2D eigenvalue weighted by Crippen LogP contribution is -2.38. The first-order valence-corrected chi connectivity index (χ1v) is 11.4. The fraction of sp³-hybridized carbons (Fsp3) is 0.500. The van der Waals surface area contributed by atoms with Crippen LogP contribution in [0, 0.1) is 5.92 Å². The summed E-state index contributed by atoms with van der Waals surface area (Å²) in [5, 5.41) is 15.9. The third-order valence-corrected chi connectivity index (χ3v) is 6.46. The highest BCUT2D eigenvalue weighted by atomic mass is 16.4. The van der Waals surface area contributed by atoms with E-state index in [1.165, 1.54) is 5.57 Å². The van der Waals surface area contributed by atoms with Gasteiger partial charge in [0.2, 0.25) is 5.91 Å². The first-order valence-electron chi connectivity index (χ1n) is 11.4. The Morgan fingerprint density at radius 3 is 3.00 bits per heavy atom. The van der Waals surface area contributed by atoms with Gasteiger partial charge in [0.25, 0.3) is 0 Å². The number of anilines is 1. The van der Waals surface area contributed by atoms with E-state index in [4.69, 9.17) is 0 Å². The molecule has 0 bridgehead atoms. The van der Waals surface area contributed by atoms with Crippen molar-refractivity contribution in [2.75, 3.05) is 25.5 Å². The van der Waals surface area contributed by atoms with Crippen LogP contribution in [0.15, 0.2) is 47.1 Å². The first kappa shape index (κ1) is 22.0. The predicted octanol–water partition coefficient (Wildman–Crippen LogP) is 2.91. The summed E-state index contributed by atoms with van der Waals surface area (Å²) in [6, 6.07) is 3.42. The number of fused-ring (bicyclic) bond motifs is 1. The third-order valence-electron chi connectivity index (χ3n) is 6.46. The topological polar surface area (TPSA) is 107 Å². The zero-order valence-corrected chi connectivity index (χ0v) is 18.5. The number of nitrogens with one attached hydrogen (secondary N) is 2. The molecule has 170 valence electrons. The molecular weight excluding hydrogens is 406 g/mol. The summed E-state index contributed by atoms with van der Waals surface area (Å²) in [5.41, 5.74) is 1.94. The monoisotopic (exact) mass is 437 g/mol. The molecule has 32 heavy (non-hydrogen) atoms. The van der Waals surface area contributed by atoms with Crippen molar-refractivity contribution >= 4 is 23.5 Å². The van der Waals surface area contributed by atoms with Crippen molar-refractivity contribution in [3.63, 3.8) is 0 Å². The number of hydrogen-bond acceptors (Lipinski definition) is 6. The SMILES string of the molecule is CNc1ccc(C(CC(=O)O)N2CCC(CCCC3C=CC4=CCCN=C4N3)C2=O)cn1. The summed E-state index contributed by atoms with van der Waals surface area (Å²) >= 11 is 0. The largest absolute Gasteiger partial charge is 0.481 e. The average Bonchev–Trinajstić information content (AvgIpc) is 3.17. The minimum absolute atomic E-state index is 0.0501. The van der Waals surface area contributed by atoms with Crippen LogP contribution in [-0.2, 0) is 9.59 Å². The molecule has 4 heterocycles. The van der Waals surface area contributed by atoms with Crippen LogP contribution in [0.4, 0.5) is 5.82 Å². The van der Waals surface area contributed by atoms with Gasteiger partial charge in [0.1, 0.15) is 11.7 Å². The highest BCUT2D eigenvalue weighted by molar-refractivity contribution is 6.02. The average molecular weight is 438 g/mol. The van der Waals surface area contributed by atoms with E-state index in [-0.39, 0.29) is 24.3 Å². The van der Waals surface area contributed by atoms with E-state index in [0.717, 1.165) is 50.0 Å². The number of rotatable bonds is 9. The number of amidine groups is 1. The van der Waals surface area contributed by atoms with E-state index < -0.39 is 12.0 Å². The summed E-state index contributed by atoms with van der Waals surface area (Å²) in [6.45, 7) is 1.42. The van der Waals surface area contributed by atoms with E-state index >= 15 is 0 Å². The highest BCUT2D eigenvalue weighted by Gasteiger charge is 2.37. The molecule has 0 radical (unpaired) electrons. The molecule has 3 aliphatic heterocycles. The summed E-state index contributed by atoms with van der Waals surface area (Å²) in [4.78, 5) is 35.2. The molecule has 3 N–H and O–H groups in total. The maximum absolute atomic E-state index is 13.1. The molecule has 1 aromatic heterocycles. The van der Waals surface area contributed by atoms with Crippen LogP contribution in [0.5, 0.6) is 0 Å². The van der Waals surface area contributed by atoms with Crippen LogP contribution >= 0.6 is 0 Å². The second-order valence-electron chi connectivity index (χ2n) is 8.58. The normalized spacial score (nSPS) is 23.2. The summed E-state index contributed by atoms with van der Waals surface area (Å²) < 4.78 is 0. The molecule has 1 fully saturated rings. The number of amides is 1. The Kier molecular flexibility index (Phi) is 6.87. The highest BCUT2D eigenvalue weighted by Crippen LogP contribution is 2.33. The van der Waals surface area contributed by atoms with Gasteiger partial charge in [-0.05, 0) is 37.3 Å². The molecule has 1 aromatic rings. The zero-order chi connectivity index (χ0) is 22.5. The predicted molar refractivity (Wildman–Crippen MR) is 124 cm³/mol. The second kappa shape index (κ2) is 9.97. The Balaban J connectivity index is 1.34. The number of carboxylic acids is 1. The van der Waals surface area contributed by atoms with Gasteiger partial charge in [-0.25, -0.2) is 4.98 Å². The Bertz CT molecular complexity index is 937. The Morgan fingerprint density at radius 1 is 1.38 bits per heavy atom. The van der Waals surface area contributed by atoms with Crippen molar-refractivity contribution in [3.8, 4) is 0 Å². The fourth-order valence-corrected chi connectivity index (χ4v) is 4.72. The third kappa shape index (κ3) is 5.00. The molecule has 4 rings (SSSR count). The molecular formula is C24H31N5O3. The van der Waals surface area contributed by atoms with Crippen molar-refractivity contribution < 1.29 is 14.7 Å². The number of hydrogen-bond donors (Lipinski definition) is 3. The van der Waals surface area contributed by atoms with Crippen molar-refractivity contribution in [1.29, 1.82) is 0 Å². The Labute approximate surface area is 188 Å². The van der Waals surface area contributed by atoms with Crippen molar-refractivity contribution in [2.24, 2.45) is 10.9 Å². The minimum atomic E-state index is -0.918. The molecule has 1 amide bonds. The smallest absolute Gasteiger partial charge is 0.305 e. The lowest BCUT2D eigenvalue weighted by atomic mass is 9.96. The summed E-state index contributed by atoms with van der Waals surface area (Å²) in [5.74, 6) is 0.786. The van der Waals surface area contributed by atoms with Crippen LogP contribution in [0.1, 0.15) is 50.1 Å². The molecule has 0 spiro atoms. The molecule has 0 aliphatic carbocycles. The van der Waals surface area contributed by atoms with E-state index in [1.807, 2.05) is 12.1 Å². The fourth-order valence-electron chi connectivity index (χ4n) is 4.72. The van der Waals surface area contributed by atoms with Crippen LogP contribution in [-0.4, -0.2) is 58.9 Å². The van der Waals surface area contributed by atoms with Gasteiger partial charge in [-0.1, -0.05) is 30.7 Å². The van der Waals surface area contributed by atoms with Crippen LogP contribution in [0.25, 0.3) is 0 Å². The van der Waals surface area contributed by atoms with Gasteiger partial charge in [-0.3, -0.25) is 14.6 Å². The summed E-state index contributed by atoms with van der Waals surface area (Å²) in [7, 11) is 1.78. The quantitative estimate of drug-likeness (QED) is 0.548. The molecule has 8 heteroatoms. The van der Waals surface area contributed by atoms with Gasteiger partial charge in [0.15, 0.2) is 0 Å². The van der Waals surface area contributed by atoms with Gasteiger partial charge in [-0.15, -0.1) is 0 Å². The Morgan fingerprint density at radius 2 is 2.25 bits per heavy atom.